The van der Waals surface area contributed by atoms with Crippen LogP contribution in [0.15, 0.2) is 11.2 Å². The molecular formula is C10H18BrN3O2S. The fourth-order valence-electron chi connectivity index (χ4n) is 1.45. The van der Waals surface area contributed by atoms with Gasteiger partial charge in [-0.15, -0.1) is 0 Å². The van der Waals surface area contributed by atoms with Crippen LogP contribution in [0, 0.1) is 6.92 Å². The highest BCUT2D eigenvalue weighted by Gasteiger charge is 2.25. The Labute approximate surface area is 111 Å². The number of unbranched alkanes of at least 4 members (excludes halogenated alkanes) is 1. The van der Waals surface area contributed by atoms with Gasteiger partial charge in [0.05, 0.1) is 6.20 Å². The van der Waals surface area contributed by atoms with E-state index in [0.29, 0.717) is 24.2 Å². The Bertz CT molecular complexity index is 444. The second kappa shape index (κ2) is 6.51. The van der Waals surface area contributed by atoms with E-state index in [1.54, 1.807) is 6.92 Å². The highest BCUT2D eigenvalue weighted by atomic mass is 79.9. The van der Waals surface area contributed by atoms with Gasteiger partial charge in [0.2, 0.25) is 0 Å². The number of H-pyrrole nitrogens is 1. The molecule has 1 N–H and O–H groups in total. The first-order valence-corrected chi connectivity index (χ1v) is 8.16. The highest BCUT2D eigenvalue weighted by molar-refractivity contribution is 9.09. The molecule has 5 nitrogen and oxygen atoms in total. The van der Waals surface area contributed by atoms with Crippen molar-refractivity contribution in [1.29, 1.82) is 0 Å². The maximum Gasteiger partial charge on any atom is 0.260 e. The molecule has 7 heteroatoms. The van der Waals surface area contributed by atoms with Crippen molar-refractivity contribution < 1.29 is 8.42 Å². The minimum atomic E-state index is -3.43. The summed E-state index contributed by atoms with van der Waals surface area (Å²) in [4.78, 5) is 6.71. The van der Waals surface area contributed by atoms with Crippen LogP contribution in [0.1, 0.15) is 25.6 Å². The largest absolute Gasteiger partial charge is 0.332 e. The van der Waals surface area contributed by atoms with Crippen LogP contribution in [-0.4, -0.2) is 41.1 Å². The molecule has 0 aliphatic carbocycles. The van der Waals surface area contributed by atoms with Gasteiger partial charge in [-0.3, -0.25) is 0 Å². The number of alkyl halides is 1. The van der Waals surface area contributed by atoms with Gasteiger partial charge in [0.1, 0.15) is 5.82 Å². The van der Waals surface area contributed by atoms with E-state index in [0.717, 1.165) is 12.8 Å². The normalized spacial score (nSPS) is 12.2. The number of nitrogens with one attached hydrogen (secondary N) is 1. The summed E-state index contributed by atoms with van der Waals surface area (Å²) in [5.41, 5.74) is 0. The third-order valence-corrected chi connectivity index (χ3v) is 4.56. The second-order valence-corrected chi connectivity index (χ2v) is 6.48. The molecule has 0 radical (unpaired) electrons. The zero-order valence-corrected chi connectivity index (χ0v) is 12.5. The number of aryl methyl sites for hydroxylation is 1. The lowest BCUT2D eigenvalue weighted by atomic mass is 10.3. The molecular weight excluding hydrogens is 306 g/mol. The molecule has 1 aromatic heterocycles. The van der Waals surface area contributed by atoms with E-state index in [-0.39, 0.29) is 5.03 Å². The predicted octanol–water partition coefficient (Wildman–Crippen LogP) is 1.90. The number of halogens is 1. The van der Waals surface area contributed by atoms with Crippen molar-refractivity contribution >= 4 is 26.0 Å². The van der Waals surface area contributed by atoms with E-state index in [4.69, 9.17) is 0 Å². The van der Waals surface area contributed by atoms with E-state index in [1.165, 1.54) is 10.5 Å². The SMILES string of the molecule is CCCCN(CCBr)S(=O)(=O)c1cnc(C)[nH]1. The van der Waals surface area contributed by atoms with E-state index in [1.807, 2.05) is 6.92 Å². The van der Waals surface area contributed by atoms with Crippen LogP contribution in [0.4, 0.5) is 0 Å². The molecule has 0 unspecified atom stereocenters. The van der Waals surface area contributed by atoms with Gasteiger partial charge in [0, 0.05) is 18.4 Å². The Hall–Kier alpha value is -0.400. The van der Waals surface area contributed by atoms with Gasteiger partial charge in [-0.2, -0.15) is 4.31 Å². The maximum atomic E-state index is 12.3. The molecule has 0 saturated heterocycles. The molecule has 1 heterocycles. The molecule has 1 rings (SSSR count). The molecule has 0 atom stereocenters. The first kappa shape index (κ1) is 14.7. The Morgan fingerprint density at radius 1 is 1.47 bits per heavy atom. The Morgan fingerprint density at radius 2 is 2.18 bits per heavy atom. The third kappa shape index (κ3) is 3.79. The molecule has 0 aliphatic heterocycles. The molecule has 0 bridgehead atoms. The van der Waals surface area contributed by atoms with Gasteiger partial charge in [-0.1, -0.05) is 29.3 Å². The molecule has 0 spiro atoms. The summed E-state index contributed by atoms with van der Waals surface area (Å²) in [7, 11) is -3.43. The zero-order valence-electron chi connectivity index (χ0n) is 10.1. The van der Waals surface area contributed by atoms with Crippen molar-refractivity contribution in [3.8, 4) is 0 Å². The van der Waals surface area contributed by atoms with Crippen LogP contribution in [-0.2, 0) is 10.0 Å². The molecule has 0 saturated carbocycles. The summed E-state index contributed by atoms with van der Waals surface area (Å²) in [6.07, 6.45) is 3.20. The average Bonchev–Trinajstić information content (AvgIpc) is 2.71. The number of imidazole rings is 1. The topological polar surface area (TPSA) is 66.1 Å². The van der Waals surface area contributed by atoms with Gasteiger partial charge in [0.25, 0.3) is 10.0 Å². The minimum Gasteiger partial charge on any atom is -0.332 e. The lowest BCUT2D eigenvalue weighted by molar-refractivity contribution is 0.420. The third-order valence-electron chi connectivity index (χ3n) is 2.39. The van der Waals surface area contributed by atoms with Crippen molar-refractivity contribution in [3.05, 3.63) is 12.0 Å². The summed E-state index contributed by atoms with van der Waals surface area (Å²) in [6.45, 7) is 4.79. The van der Waals surface area contributed by atoms with Gasteiger partial charge in [0.15, 0.2) is 5.03 Å². The van der Waals surface area contributed by atoms with E-state index >= 15 is 0 Å². The minimum absolute atomic E-state index is 0.173. The molecule has 0 aliphatic rings. The van der Waals surface area contributed by atoms with Crippen LogP contribution in [0.25, 0.3) is 0 Å². The number of hydrogen-bond donors (Lipinski definition) is 1. The van der Waals surface area contributed by atoms with Gasteiger partial charge < -0.3 is 4.98 Å². The Balaban J connectivity index is 2.91. The van der Waals surface area contributed by atoms with E-state index < -0.39 is 10.0 Å². The smallest absolute Gasteiger partial charge is 0.260 e. The summed E-state index contributed by atoms with van der Waals surface area (Å²) < 4.78 is 26.0. The summed E-state index contributed by atoms with van der Waals surface area (Å²) in [6, 6.07) is 0. The highest BCUT2D eigenvalue weighted by Crippen LogP contribution is 2.14. The summed E-state index contributed by atoms with van der Waals surface area (Å²) in [5, 5.41) is 0.801. The van der Waals surface area contributed by atoms with Crippen LogP contribution >= 0.6 is 15.9 Å². The van der Waals surface area contributed by atoms with Crippen molar-refractivity contribution in [1.82, 2.24) is 14.3 Å². The number of rotatable bonds is 7. The fourth-order valence-corrected chi connectivity index (χ4v) is 3.55. The van der Waals surface area contributed by atoms with E-state index in [9.17, 15) is 8.42 Å². The quantitative estimate of drug-likeness (QED) is 0.779. The van der Waals surface area contributed by atoms with Crippen LogP contribution < -0.4 is 0 Å². The van der Waals surface area contributed by atoms with Crippen LogP contribution in [0.5, 0.6) is 0 Å². The second-order valence-electron chi connectivity index (χ2n) is 3.78. The number of hydrogen-bond acceptors (Lipinski definition) is 3. The predicted molar refractivity (Wildman–Crippen MR) is 70.8 cm³/mol. The van der Waals surface area contributed by atoms with Crippen molar-refractivity contribution in [2.75, 3.05) is 18.4 Å². The van der Waals surface area contributed by atoms with Crippen LogP contribution in [0.2, 0.25) is 0 Å². The molecule has 0 aromatic carbocycles. The summed E-state index contributed by atoms with van der Waals surface area (Å²) in [5.74, 6) is 0.609. The Morgan fingerprint density at radius 3 is 2.65 bits per heavy atom. The first-order valence-electron chi connectivity index (χ1n) is 5.60. The number of sulfonamides is 1. The van der Waals surface area contributed by atoms with Gasteiger partial charge in [-0.25, -0.2) is 13.4 Å². The molecule has 98 valence electrons. The maximum absolute atomic E-state index is 12.3. The lowest BCUT2D eigenvalue weighted by Crippen LogP contribution is -2.33. The van der Waals surface area contributed by atoms with Gasteiger partial charge >= 0.3 is 0 Å². The molecule has 0 amide bonds. The number of nitrogens with zero attached hydrogens (tertiary/aromatic N) is 2. The van der Waals surface area contributed by atoms with Crippen molar-refractivity contribution in [2.24, 2.45) is 0 Å². The van der Waals surface area contributed by atoms with Crippen molar-refractivity contribution in [3.63, 3.8) is 0 Å². The van der Waals surface area contributed by atoms with Crippen molar-refractivity contribution in [2.45, 2.75) is 31.7 Å². The number of aromatic nitrogens is 2. The van der Waals surface area contributed by atoms with Gasteiger partial charge in [-0.05, 0) is 13.3 Å². The first-order chi connectivity index (χ1) is 8.02. The zero-order chi connectivity index (χ0) is 12.9. The standard InChI is InChI=1S/C10H18BrN3O2S/c1-3-4-6-14(7-5-11)17(15,16)10-8-12-9(2)13-10/h8H,3-7H2,1-2H3,(H,12,13). The molecule has 1 aromatic rings. The Kier molecular flexibility index (Phi) is 5.61. The average molecular weight is 324 g/mol. The van der Waals surface area contributed by atoms with Crippen LogP contribution in [0.3, 0.4) is 0 Å². The lowest BCUT2D eigenvalue weighted by Gasteiger charge is -2.19. The summed E-state index contributed by atoms with van der Waals surface area (Å²) >= 11 is 3.28. The molecule has 17 heavy (non-hydrogen) atoms. The number of aromatic amines is 1. The monoisotopic (exact) mass is 323 g/mol. The van der Waals surface area contributed by atoms with E-state index in [2.05, 4.69) is 25.9 Å². The molecule has 0 fully saturated rings. The fraction of sp³-hybridized carbons (Fsp3) is 0.700.